The van der Waals surface area contributed by atoms with E-state index in [0.29, 0.717) is 11.8 Å². The Morgan fingerprint density at radius 3 is 1.47 bits per heavy atom. The Labute approximate surface area is 283 Å². The number of benzene rings is 3. The molecule has 0 amide bonds. The van der Waals surface area contributed by atoms with Crippen molar-refractivity contribution in [2.45, 2.75) is 79.3 Å². The van der Waals surface area contributed by atoms with Crippen LogP contribution < -0.4 is 16.2 Å². The molecular weight excluding hydrogens is 587 g/mol. The highest BCUT2D eigenvalue weighted by Gasteiger charge is 2.31. The highest BCUT2D eigenvalue weighted by Crippen LogP contribution is 2.42. The van der Waals surface area contributed by atoms with Crippen LogP contribution in [0.3, 0.4) is 0 Å². The van der Waals surface area contributed by atoms with E-state index in [4.69, 9.17) is 0 Å². The molecule has 47 heavy (non-hydrogen) atoms. The van der Waals surface area contributed by atoms with E-state index in [9.17, 15) is 0 Å². The van der Waals surface area contributed by atoms with Gasteiger partial charge in [-0.25, -0.2) is 0 Å². The largest absolute Gasteiger partial charge is 0.336 e. The number of para-hydroxylation sites is 2. The lowest BCUT2D eigenvalue weighted by Crippen LogP contribution is -2.33. The van der Waals surface area contributed by atoms with Gasteiger partial charge in [-0.1, -0.05) is 114 Å². The number of nitrogens with zero attached hydrogens (tertiary/aromatic N) is 2. The molecule has 0 fully saturated rings. The summed E-state index contributed by atoms with van der Waals surface area (Å²) in [6.07, 6.45) is 12.0. The molecule has 2 aliphatic carbocycles. The van der Waals surface area contributed by atoms with Gasteiger partial charge >= 0.3 is 0 Å². The van der Waals surface area contributed by atoms with Gasteiger partial charge in [0.05, 0.1) is 10.9 Å². The molecule has 0 N–H and O–H groups in total. The van der Waals surface area contributed by atoms with Crippen molar-refractivity contribution in [3.63, 3.8) is 0 Å². The van der Waals surface area contributed by atoms with Crippen molar-refractivity contribution in [3.05, 3.63) is 138 Å². The van der Waals surface area contributed by atoms with Crippen LogP contribution >= 0.6 is 7.92 Å². The second kappa shape index (κ2) is 13.3. The molecule has 2 aromatic heterocycles. The number of aromatic nitrogens is 2. The van der Waals surface area contributed by atoms with Crippen molar-refractivity contribution in [2.75, 3.05) is 0 Å². The minimum atomic E-state index is -0.872. The Morgan fingerprint density at radius 2 is 1.06 bits per heavy atom. The lowest BCUT2D eigenvalue weighted by Gasteiger charge is -2.28. The smallest absolute Gasteiger partial charge is 0.0560 e. The van der Waals surface area contributed by atoms with Crippen molar-refractivity contribution in [1.29, 1.82) is 0 Å². The Balaban J connectivity index is 1.44. The third kappa shape index (κ3) is 6.02. The summed E-state index contributed by atoms with van der Waals surface area (Å²) in [5.74, 6) is 1.22. The van der Waals surface area contributed by atoms with Crippen molar-refractivity contribution in [2.24, 2.45) is 11.8 Å². The van der Waals surface area contributed by atoms with E-state index in [1.54, 1.807) is 11.1 Å². The zero-order chi connectivity index (χ0) is 32.7. The average molecular weight is 637 g/mol. The van der Waals surface area contributed by atoms with Crippen LogP contribution in [-0.4, -0.2) is 9.13 Å². The highest BCUT2D eigenvalue weighted by molar-refractivity contribution is 7.79. The van der Waals surface area contributed by atoms with Gasteiger partial charge < -0.3 is 9.13 Å². The Hall–Kier alpha value is -3.87. The number of allylic oxidation sites excluding steroid dienone is 6. The molecule has 2 aliphatic rings. The van der Waals surface area contributed by atoms with Crippen LogP contribution in [0.1, 0.15) is 63.5 Å². The summed E-state index contributed by atoms with van der Waals surface area (Å²) in [6.45, 7) is 19.6. The number of fused-ring (bicyclic) bond motifs is 2. The van der Waals surface area contributed by atoms with Crippen LogP contribution in [0, 0.1) is 25.7 Å². The molecule has 0 aliphatic heterocycles. The van der Waals surface area contributed by atoms with Crippen LogP contribution in [0.5, 0.6) is 0 Å². The normalized spacial score (nSPS) is 18.5. The lowest BCUT2D eigenvalue weighted by molar-refractivity contribution is 0.526. The fraction of sp³-hybridized carbons (Fsp3) is 0.318. The molecule has 2 heterocycles. The molecule has 3 aromatic carbocycles. The lowest BCUT2D eigenvalue weighted by atomic mass is 9.85. The Bertz CT molecular complexity index is 1900. The van der Waals surface area contributed by atoms with Crippen LogP contribution in [0.2, 0.25) is 0 Å². The minimum absolute atomic E-state index is 0.612. The molecule has 0 saturated heterocycles. The van der Waals surface area contributed by atoms with Gasteiger partial charge in [-0.05, 0) is 107 Å². The van der Waals surface area contributed by atoms with Gasteiger partial charge in [0, 0.05) is 42.8 Å². The van der Waals surface area contributed by atoms with Gasteiger partial charge in [0.15, 0.2) is 0 Å². The molecular formula is C44H49N2P. The number of hydrogen-bond donors (Lipinski definition) is 0. The average Bonchev–Trinajstić information content (AvgIpc) is 3.52. The van der Waals surface area contributed by atoms with Crippen molar-refractivity contribution in [3.8, 4) is 0 Å². The summed E-state index contributed by atoms with van der Waals surface area (Å²) in [5, 5.41) is 4.17. The van der Waals surface area contributed by atoms with Crippen LogP contribution in [0.4, 0.5) is 0 Å². The second-order valence-electron chi connectivity index (χ2n) is 14.1. The molecule has 0 bridgehead atoms. The fourth-order valence-electron chi connectivity index (χ4n) is 8.11. The van der Waals surface area contributed by atoms with E-state index < -0.39 is 7.92 Å². The maximum atomic E-state index is 4.28. The van der Waals surface area contributed by atoms with Gasteiger partial charge in [-0.2, -0.15) is 0 Å². The van der Waals surface area contributed by atoms with Crippen molar-refractivity contribution < 1.29 is 0 Å². The van der Waals surface area contributed by atoms with E-state index in [-0.39, 0.29) is 0 Å². The van der Waals surface area contributed by atoms with Crippen LogP contribution in [-0.2, 0) is 13.1 Å². The molecule has 2 nitrogen and oxygen atoms in total. The molecule has 5 aromatic rings. The molecule has 2 atom stereocenters. The van der Waals surface area contributed by atoms with E-state index in [2.05, 4.69) is 141 Å². The third-order valence-electron chi connectivity index (χ3n) is 10.9. The second-order valence-corrected chi connectivity index (χ2v) is 16.2. The van der Waals surface area contributed by atoms with Gasteiger partial charge in [0.25, 0.3) is 0 Å². The zero-order valence-electron chi connectivity index (χ0n) is 28.7. The first-order valence-corrected chi connectivity index (χ1v) is 18.8. The summed E-state index contributed by atoms with van der Waals surface area (Å²) in [5.41, 5.74) is 14.3. The molecule has 0 radical (unpaired) electrons. The molecule has 0 unspecified atom stereocenters. The maximum Gasteiger partial charge on any atom is 0.0560 e. The quantitative estimate of drug-likeness (QED) is 0.113. The maximum absolute atomic E-state index is 4.28. The first kappa shape index (κ1) is 31.7. The summed E-state index contributed by atoms with van der Waals surface area (Å²) in [4.78, 5) is 0. The van der Waals surface area contributed by atoms with Crippen LogP contribution in [0.15, 0.2) is 126 Å². The van der Waals surface area contributed by atoms with E-state index in [1.165, 1.54) is 73.1 Å². The standard InChI is InChI=1S/C44H49N2P/c1-30(2)36-24-20-34(21-25-36)28-45-41-18-12-10-16-39(41)32(5)43(45)47(38-14-8-7-9-15-38)44-33(6)40-17-11-13-19-42(40)46(44)29-35-22-26-37(27-23-35)31(3)4/h7-20,22,36-37H,1,3,21,23-29H2,2,4-6H3/t36-,37-/m1/s1. The summed E-state index contributed by atoms with van der Waals surface area (Å²) < 4.78 is 5.41. The molecule has 7 rings (SSSR count). The topological polar surface area (TPSA) is 9.86 Å². The summed E-state index contributed by atoms with van der Waals surface area (Å²) >= 11 is 0. The number of hydrogen-bond acceptors (Lipinski definition) is 0. The Kier molecular flexibility index (Phi) is 8.99. The fourth-order valence-corrected chi connectivity index (χ4v) is 11.0. The SMILES string of the molecule is C=C(C)[C@@H]1CC=C(Cn2c(P(c3ccccc3)c3c(C)c4ccccc4n3CC3=CC[C@@H](C(=C)C)CC3)c(C)c3ccccc32)CC1. The predicted molar refractivity (Wildman–Crippen MR) is 206 cm³/mol. The number of rotatable bonds is 9. The van der Waals surface area contributed by atoms with Crippen molar-refractivity contribution >= 4 is 45.9 Å². The summed E-state index contributed by atoms with van der Waals surface area (Å²) in [7, 11) is -0.872. The van der Waals surface area contributed by atoms with E-state index in [1.807, 2.05) is 0 Å². The Morgan fingerprint density at radius 1 is 0.638 bits per heavy atom. The van der Waals surface area contributed by atoms with Gasteiger partial charge in [0.2, 0.25) is 0 Å². The third-order valence-corrected chi connectivity index (χ3v) is 13.8. The van der Waals surface area contributed by atoms with Crippen LogP contribution in [0.25, 0.3) is 21.8 Å². The summed E-state index contributed by atoms with van der Waals surface area (Å²) in [6, 6.07) is 29.6. The van der Waals surface area contributed by atoms with Gasteiger partial charge in [-0.3, -0.25) is 0 Å². The minimum Gasteiger partial charge on any atom is -0.336 e. The molecule has 3 heteroatoms. The van der Waals surface area contributed by atoms with Crippen molar-refractivity contribution in [1.82, 2.24) is 9.13 Å². The van der Waals surface area contributed by atoms with E-state index >= 15 is 0 Å². The molecule has 0 saturated carbocycles. The first-order chi connectivity index (χ1) is 22.8. The number of aryl methyl sites for hydroxylation is 2. The molecule has 240 valence electrons. The molecule has 0 spiro atoms. The zero-order valence-corrected chi connectivity index (χ0v) is 29.6. The van der Waals surface area contributed by atoms with Gasteiger partial charge in [0.1, 0.15) is 0 Å². The first-order valence-electron chi connectivity index (χ1n) is 17.5. The predicted octanol–water partition coefficient (Wildman–Crippen LogP) is 10.6. The highest BCUT2D eigenvalue weighted by atomic mass is 31.1. The monoisotopic (exact) mass is 636 g/mol. The van der Waals surface area contributed by atoms with Gasteiger partial charge in [-0.15, -0.1) is 0 Å². The van der Waals surface area contributed by atoms with E-state index in [0.717, 1.165) is 38.8 Å².